The molecule has 7 nitrogen and oxygen atoms in total. The maximum atomic E-state index is 5.91. The van der Waals surface area contributed by atoms with E-state index < -0.39 is 6.57 Å². The van der Waals surface area contributed by atoms with Gasteiger partial charge >= 0.3 is 6.57 Å². The third kappa shape index (κ3) is 6.29. The van der Waals surface area contributed by atoms with Crippen molar-refractivity contribution in [1.29, 1.82) is 0 Å². The standard InChI is InChI=1S/C18H17N6OPS/c27-26(25-18-10-2-1-3-11-18,23-21-14-16-8-4-6-12-19-16)24-22-15-17-9-5-7-13-20-17/h1-15H,(H2,23,24,27)/b21-14+,22-15+. The highest BCUT2D eigenvalue weighted by molar-refractivity contribution is 8.10. The largest absolute Gasteiger partial charge is 0.432 e. The van der Waals surface area contributed by atoms with E-state index in [1.807, 2.05) is 66.7 Å². The smallest absolute Gasteiger partial charge is 0.331 e. The number of aromatic nitrogens is 2. The molecule has 0 spiro atoms. The zero-order chi connectivity index (χ0) is 18.8. The highest BCUT2D eigenvalue weighted by atomic mass is 32.4. The molecule has 0 saturated heterocycles. The van der Waals surface area contributed by atoms with Crippen LogP contribution >= 0.6 is 6.57 Å². The van der Waals surface area contributed by atoms with Crippen molar-refractivity contribution >= 4 is 30.8 Å². The van der Waals surface area contributed by atoms with Crippen molar-refractivity contribution in [3.63, 3.8) is 0 Å². The second-order valence-electron chi connectivity index (χ2n) is 5.18. The molecule has 0 saturated carbocycles. The normalized spacial score (nSPS) is 11.6. The molecule has 0 fully saturated rings. The van der Waals surface area contributed by atoms with Gasteiger partial charge in [-0.1, -0.05) is 30.3 Å². The number of para-hydroxylation sites is 1. The number of hydrogen-bond acceptors (Lipinski definition) is 6. The topological polar surface area (TPSA) is 83.8 Å². The number of nitrogens with zero attached hydrogens (tertiary/aromatic N) is 4. The van der Waals surface area contributed by atoms with Gasteiger partial charge in [0.1, 0.15) is 5.75 Å². The average molecular weight is 396 g/mol. The molecular weight excluding hydrogens is 379 g/mol. The number of hydrazone groups is 2. The summed E-state index contributed by atoms with van der Waals surface area (Å²) < 4.78 is 5.91. The van der Waals surface area contributed by atoms with E-state index in [0.29, 0.717) is 17.1 Å². The van der Waals surface area contributed by atoms with Crippen LogP contribution in [0.2, 0.25) is 0 Å². The number of rotatable bonds is 8. The molecule has 136 valence electrons. The van der Waals surface area contributed by atoms with Crippen LogP contribution in [-0.2, 0) is 11.8 Å². The van der Waals surface area contributed by atoms with Crippen molar-refractivity contribution in [3.8, 4) is 5.75 Å². The molecule has 3 aromatic rings. The number of benzene rings is 1. The molecule has 0 unspecified atom stereocenters. The Bertz CT molecular complexity index is 882. The lowest BCUT2D eigenvalue weighted by atomic mass is 10.3. The van der Waals surface area contributed by atoms with E-state index in [2.05, 4.69) is 30.6 Å². The molecule has 3 rings (SSSR count). The van der Waals surface area contributed by atoms with Gasteiger partial charge in [-0.3, -0.25) is 9.97 Å². The summed E-state index contributed by atoms with van der Waals surface area (Å²) in [5, 5.41) is 14.1. The van der Waals surface area contributed by atoms with Crippen LogP contribution in [0.5, 0.6) is 5.75 Å². The fourth-order valence-corrected chi connectivity index (χ4v) is 3.45. The Balaban J connectivity index is 1.72. The van der Waals surface area contributed by atoms with Gasteiger partial charge in [-0.25, -0.2) is 10.4 Å². The van der Waals surface area contributed by atoms with E-state index in [1.165, 1.54) is 0 Å². The summed E-state index contributed by atoms with van der Waals surface area (Å²) in [5.41, 5.74) is 1.39. The van der Waals surface area contributed by atoms with Crippen LogP contribution in [0.3, 0.4) is 0 Å². The molecule has 2 aromatic heterocycles. The monoisotopic (exact) mass is 396 g/mol. The molecule has 27 heavy (non-hydrogen) atoms. The van der Waals surface area contributed by atoms with Crippen LogP contribution in [0, 0.1) is 0 Å². The first-order chi connectivity index (χ1) is 13.2. The van der Waals surface area contributed by atoms with Gasteiger partial charge in [-0.05, 0) is 48.2 Å². The molecule has 2 heterocycles. The van der Waals surface area contributed by atoms with Gasteiger partial charge in [-0.2, -0.15) is 10.2 Å². The molecule has 0 atom stereocenters. The molecule has 0 aliphatic rings. The summed E-state index contributed by atoms with van der Waals surface area (Å²) in [6, 6.07) is 20.3. The lowest BCUT2D eigenvalue weighted by molar-refractivity contribution is 0.583. The SMILES string of the molecule is S=P(N/N=C/c1ccccn1)(N/N=C/c1ccccn1)Oc1ccccc1. The third-order valence-electron chi connectivity index (χ3n) is 3.13. The number of pyridine rings is 2. The van der Waals surface area contributed by atoms with Crippen molar-refractivity contribution in [2.45, 2.75) is 0 Å². The Labute approximate surface area is 162 Å². The number of nitrogens with one attached hydrogen (secondary N) is 2. The molecule has 0 amide bonds. The van der Waals surface area contributed by atoms with Crippen molar-refractivity contribution in [3.05, 3.63) is 90.5 Å². The Morgan fingerprint density at radius 1 is 0.778 bits per heavy atom. The Morgan fingerprint density at radius 2 is 1.30 bits per heavy atom. The van der Waals surface area contributed by atoms with Crippen LogP contribution in [-0.4, -0.2) is 22.4 Å². The zero-order valence-corrected chi connectivity index (χ0v) is 15.9. The van der Waals surface area contributed by atoms with Gasteiger partial charge in [0.15, 0.2) is 0 Å². The predicted molar refractivity (Wildman–Crippen MR) is 111 cm³/mol. The van der Waals surface area contributed by atoms with Gasteiger partial charge in [0.25, 0.3) is 0 Å². The molecule has 2 N–H and O–H groups in total. The van der Waals surface area contributed by atoms with Crippen molar-refractivity contribution < 1.29 is 4.52 Å². The Morgan fingerprint density at radius 3 is 1.78 bits per heavy atom. The summed E-state index contributed by atoms with van der Waals surface area (Å²) in [6.45, 7) is -2.83. The van der Waals surface area contributed by atoms with E-state index in [9.17, 15) is 0 Å². The summed E-state index contributed by atoms with van der Waals surface area (Å²) >= 11 is 5.61. The van der Waals surface area contributed by atoms with Crippen molar-refractivity contribution in [1.82, 2.24) is 20.4 Å². The average Bonchev–Trinajstić information content (AvgIpc) is 2.70. The van der Waals surface area contributed by atoms with Crippen LogP contribution in [0.25, 0.3) is 0 Å². The van der Waals surface area contributed by atoms with Gasteiger partial charge in [0.2, 0.25) is 0 Å². The van der Waals surface area contributed by atoms with E-state index >= 15 is 0 Å². The minimum Gasteiger partial charge on any atom is -0.432 e. The van der Waals surface area contributed by atoms with Crippen LogP contribution in [0.4, 0.5) is 0 Å². The Hall–Kier alpha value is -3.09. The maximum Gasteiger partial charge on any atom is 0.331 e. The lowest BCUT2D eigenvalue weighted by Crippen LogP contribution is -2.19. The van der Waals surface area contributed by atoms with Gasteiger partial charge in [0.05, 0.1) is 23.8 Å². The van der Waals surface area contributed by atoms with E-state index in [1.54, 1.807) is 24.8 Å². The molecule has 0 bridgehead atoms. The summed E-state index contributed by atoms with van der Waals surface area (Å²) in [4.78, 5) is 8.35. The summed E-state index contributed by atoms with van der Waals surface area (Å²) in [5.74, 6) is 0.613. The van der Waals surface area contributed by atoms with Crippen molar-refractivity contribution in [2.75, 3.05) is 0 Å². The van der Waals surface area contributed by atoms with Crippen molar-refractivity contribution in [2.24, 2.45) is 10.2 Å². The first-order valence-electron chi connectivity index (χ1n) is 8.01. The molecule has 1 aromatic carbocycles. The molecule has 0 aliphatic carbocycles. The zero-order valence-electron chi connectivity index (χ0n) is 14.2. The highest BCUT2D eigenvalue weighted by Gasteiger charge is 2.18. The third-order valence-corrected chi connectivity index (χ3v) is 5.06. The van der Waals surface area contributed by atoms with E-state index in [0.717, 1.165) is 0 Å². The number of hydrogen-bond donors (Lipinski definition) is 2. The lowest BCUT2D eigenvalue weighted by Gasteiger charge is -2.21. The minimum absolute atomic E-state index is 0.613. The maximum absolute atomic E-state index is 5.91. The molecule has 0 aliphatic heterocycles. The molecule has 9 heteroatoms. The van der Waals surface area contributed by atoms with Gasteiger partial charge in [-0.15, -0.1) is 0 Å². The van der Waals surface area contributed by atoms with E-state index in [-0.39, 0.29) is 0 Å². The van der Waals surface area contributed by atoms with E-state index in [4.69, 9.17) is 16.3 Å². The fraction of sp³-hybridized carbons (Fsp3) is 0. The first kappa shape index (κ1) is 18.7. The van der Waals surface area contributed by atoms with Crippen LogP contribution < -0.4 is 14.9 Å². The van der Waals surface area contributed by atoms with Gasteiger partial charge < -0.3 is 4.52 Å². The van der Waals surface area contributed by atoms with Crippen LogP contribution in [0.15, 0.2) is 89.3 Å². The molecular formula is C18H17N6OPS. The minimum atomic E-state index is -2.83. The second kappa shape index (κ2) is 9.56. The Kier molecular flexibility index (Phi) is 6.62. The first-order valence-corrected chi connectivity index (χ1v) is 10.7. The van der Waals surface area contributed by atoms with Gasteiger partial charge in [0, 0.05) is 12.4 Å². The predicted octanol–water partition coefficient (Wildman–Crippen LogP) is 3.33. The second-order valence-corrected chi connectivity index (χ2v) is 8.41. The van der Waals surface area contributed by atoms with Crippen LogP contribution in [0.1, 0.15) is 11.4 Å². The highest BCUT2D eigenvalue weighted by Crippen LogP contribution is 2.39. The molecule has 0 radical (unpaired) electrons. The summed E-state index contributed by atoms with van der Waals surface area (Å²) in [7, 11) is 0. The summed E-state index contributed by atoms with van der Waals surface area (Å²) in [6.07, 6.45) is 6.51. The fourth-order valence-electron chi connectivity index (χ4n) is 1.94. The quantitative estimate of drug-likeness (QED) is 0.345.